The van der Waals surface area contributed by atoms with Crippen LogP contribution >= 0.6 is 0 Å². The summed E-state index contributed by atoms with van der Waals surface area (Å²) in [5, 5.41) is 2.92. The largest absolute Gasteiger partial charge is 0.458 e. The van der Waals surface area contributed by atoms with Crippen LogP contribution in [0.15, 0.2) is 176 Å². The smallest absolute Gasteiger partial charge is 0.260 e. The van der Waals surface area contributed by atoms with Crippen molar-refractivity contribution >= 4 is 83.7 Å². The van der Waals surface area contributed by atoms with Crippen LogP contribution in [0.1, 0.15) is 103 Å². The van der Waals surface area contributed by atoms with Crippen LogP contribution in [0.2, 0.25) is 39.3 Å². The molecular formula is C74H77BN2O2Si2. The van der Waals surface area contributed by atoms with E-state index < -0.39 is 16.1 Å². The summed E-state index contributed by atoms with van der Waals surface area (Å²) in [5.41, 5.74) is 22.8. The number of hydrogen-bond acceptors (Lipinski definition) is 4. The molecule has 0 saturated heterocycles. The van der Waals surface area contributed by atoms with Crippen molar-refractivity contribution in [3.63, 3.8) is 0 Å². The molecule has 0 aromatic heterocycles. The summed E-state index contributed by atoms with van der Waals surface area (Å²) in [6.07, 6.45) is 0. The Morgan fingerprint density at radius 1 is 0.358 bits per heavy atom. The summed E-state index contributed by atoms with van der Waals surface area (Å²) >= 11 is 0. The highest BCUT2D eigenvalue weighted by Crippen LogP contribution is 2.55. The molecule has 0 radical (unpaired) electrons. The number of anilines is 6. The predicted octanol–water partition coefficient (Wildman–Crippen LogP) is 17.7. The molecule has 9 aromatic rings. The SMILES string of the molecule is CC(C)(C)c1ccc(N(c2ccc([Si](C)(C)C)cc2)c2ccc3c(c2)C(C)(C)c2cc4c(cc2-3)Oc2cccc3c2B4c2cc4c(cc2O3)-c2ccc(N(c3ccc(C(C)(C)C)cc3)c3ccc([Si](C)(C)C)cc3)cc2C4(C)C)cc1. The third kappa shape index (κ3) is 8.67. The molecular weight excluding hydrogens is 1020 g/mol. The first-order valence-electron chi connectivity index (χ1n) is 29.3. The minimum Gasteiger partial charge on any atom is -0.458 e. The van der Waals surface area contributed by atoms with Crippen LogP contribution in [0.25, 0.3) is 22.3 Å². The molecule has 0 saturated carbocycles. The molecule has 7 heteroatoms. The fourth-order valence-electron chi connectivity index (χ4n) is 13.5. The first-order chi connectivity index (χ1) is 38.2. The molecule has 81 heavy (non-hydrogen) atoms. The Labute approximate surface area is 484 Å². The van der Waals surface area contributed by atoms with Crippen LogP contribution in [-0.4, -0.2) is 22.9 Å². The second kappa shape index (κ2) is 18.1. The van der Waals surface area contributed by atoms with Crippen molar-refractivity contribution in [2.24, 2.45) is 0 Å². The molecule has 0 N–H and O–H groups in total. The van der Waals surface area contributed by atoms with Crippen molar-refractivity contribution in [3.8, 4) is 45.3 Å². The second-order valence-electron chi connectivity index (χ2n) is 28.7. The molecule has 2 aliphatic heterocycles. The van der Waals surface area contributed by atoms with E-state index in [1.54, 1.807) is 0 Å². The molecule has 0 amide bonds. The molecule has 0 fully saturated rings. The van der Waals surface area contributed by atoms with Crippen molar-refractivity contribution in [1.29, 1.82) is 0 Å². The van der Waals surface area contributed by atoms with E-state index >= 15 is 0 Å². The number of hydrogen-bond donors (Lipinski definition) is 0. The normalized spacial score (nSPS) is 15.0. The number of rotatable bonds is 8. The molecule has 0 unspecified atom stereocenters. The van der Waals surface area contributed by atoms with Crippen LogP contribution in [0.3, 0.4) is 0 Å². The summed E-state index contributed by atoms with van der Waals surface area (Å²) in [5.74, 6) is 3.54. The van der Waals surface area contributed by atoms with Crippen LogP contribution in [0, 0.1) is 0 Å². The van der Waals surface area contributed by atoms with Gasteiger partial charge in [0.15, 0.2) is 0 Å². The highest BCUT2D eigenvalue weighted by Gasteiger charge is 2.46. The highest BCUT2D eigenvalue weighted by molar-refractivity contribution is 6.98. The Morgan fingerprint density at radius 2 is 0.679 bits per heavy atom. The van der Waals surface area contributed by atoms with Crippen LogP contribution in [-0.2, 0) is 21.7 Å². The minimum atomic E-state index is -1.50. The van der Waals surface area contributed by atoms with Crippen molar-refractivity contribution in [1.82, 2.24) is 0 Å². The molecule has 406 valence electrons. The first-order valence-corrected chi connectivity index (χ1v) is 36.3. The summed E-state index contributed by atoms with van der Waals surface area (Å²) in [6, 6.07) is 67.4. The number of ether oxygens (including phenoxy) is 2. The maximum Gasteiger partial charge on any atom is 0.260 e. The van der Waals surface area contributed by atoms with E-state index in [0.717, 1.165) is 62.6 Å². The lowest BCUT2D eigenvalue weighted by molar-refractivity contribution is 0.464. The van der Waals surface area contributed by atoms with Gasteiger partial charge in [-0.25, -0.2) is 0 Å². The predicted molar refractivity (Wildman–Crippen MR) is 352 cm³/mol. The van der Waals surface area contributed by atoms with E-state index in [9.17, 15) is 0 Å². The van der Waals surface area contributed by atoms with Gasteiger partial charge in [0, 0.05) is 50.4 Å². The highest BCUT2D eigenvalue weighted by atomic mass is 28.3. The van der Waals surface area contributed by atoms with E-state index in [1.165, 1.54) is 76.9 Å². The van der Waals surface area contributed by atoms with Crippen LogP contribution in [0.4, 0.5) is 34.1 Å². The lowest BCUT2D eigenvalue weighted by atomic mass is 9.34. The maximum absolute atomic E-state index is 7.04. The van der Waals surface area contributed by atoms with Gasteiger partial charge < -0.3 is 19.3 Å². The topological polar surface area (TPSA) is 24.9 Å². The average Bonchev–Trinajstić information content (AvgIpc) is 4.06. The Balaban J connectivity index is 0.894. The monoisotopic (exact) mass is 1090 g/mol. The lowest BCUT2D eigenvalue weighted by Crippen LogP contribution is -2.57. The third-order valence-electron chi connectivity index (χ3n) is 18.4. The third-order valence-corrected chi connectivity index (χ3v) is 22.6. The zero-order chi connectivity index (χ0) is 57.1. The van der Waals surface area contributed by atoms with Crippen molar-refractivity contribution in [2.45, 2.75) is 130 Å². The number of nitrogens with zero attached hydrogens (tertiary/aromatic N) is 2. The van der Waals surface area contributed by atoms with Gasteiger partial charge in [0.2, 0.25) is 0 Å². The Kier molecular flexibility index (Phi) is 11.8. The van der Waals surface area contributed by atoms with Gasteiger partial charge in [-0.2, -0.15) is 0 Å². The van der Waals surface area contributed by atoms with E-state index in [-0.39, 0.29) is 28.4 Å². The molecule has 4 nitrogen and oxygen atoms in total. The summed E-state index contributed by atoms with van der Waals surface area (Å²) in [7, 11) is -3.01. The van der Waals surface area contributed by atoms with E-state index in [1.807, 2.05) is 0 Å². The Hall–Kier alpha value is -7.32. The summed E-state index contributed by atoms with van der Waals surface area (Å²) < 4.78 is 14.1. The number of fused-ring (bicyclic) bond motifs is 10. The van der Waals surface area contributed by atoms with Gasteiger partial charge in [-0.15, -0.1) is 0 Å². The van der Waals surface area contributed by atoms with Crippen molar-refractivity contribution in [3.05, 3.63) is 209 Å². The van der Waals surface area contributed by atoms with E-state index in [2.05, 4.69) is 294 Å². The lowest BCUT2D eigenvalue weighted by Gasteiger charge is -2.35. The molecule has 4 aliphatic rings. The molecule has 2 heterocycles. The average molecular weight is 1090 g/mol. The molecule has 0 spiro atoms. The fraction of sp³-hybridized carbons (Fsp3) is 0.270. The maximum atomic E-state index is 7.04. The Bertz CT molecular complexity index is 3650. The van der Waals surface area contributed by atoms with E-state index in [4.69, 9.17) is 9.47 Å². The molecule has 0 bridgehead atoms. The standard InChI is InChI=1S/C74H77BN2O2Si2/c1-71(2,3)46-20-24-48(25-21-46)76(50-28-34-54(35-29-50)80(11,12)13)52-32-38-56-58-42-68-64(44-62(58)73(7,8)60(56)40-52)75-65-45-63-59(43-69(65)79-67-19-17-18-66(78-68)70(67)75)57-39-33-53(41-61(57)74(63,9)10)77(49-26-22-47(23-27-49)72(4,5)6)51-30-36-55(37-31-51)81(14,15)16/h17-45H,1-16H3. The van der Waals surface area contributed by atoms with Crippen LogP contribution < -0.4 is 46.0 Å². The van der Waals surface area contributed by atoms with Crippen molar-refractivity contribution < 1.29 is 9.47 Å². The van der Waals surface area contributed by atoms with Gasteiger partial charge in [-0.05, 0) is 174 Å². The summed E-state index contributed by atoms with van der Waals surface area (Å²) in [4.78, 5) is 4.89. The van der Waals surface area contributed by atoms with Gasteiger partial charge in [0.05, 0.1) is 16.1 Å². The zero-order valence-electron chi connectivity index (χ0n) is 50.5. The summed E-state index contributed by atoms with van der Waals surface area (Å²) in [6.45, 7) is 37.8. The van der Waals surface area contributed by atoms with Crippen molar-refractivity contribution in [2.75, 3.05) is 9.80 Å². The molecule has 13 rings (SSSR count). The fourth-order valence-corrected chi connectivity index (χ4v) is 15.8. The number of benzene rings is 9. The first kappa shape index (κ1) is 53.0. The minimum absolute atomic E-state index is 0.0575. The van der Waals surface area contributed by atoms with Gasteiger partial charge in [0.25, 0.3) is 6.71 Å². The van der Waals surface area contributed by atoms with Gasteiger partial charge in [0.1, 0.15) is 23.0 Å². The molecule has 0 atom stereocenters. The molecule has 9 aromatic carbocycles. The van der Waals surface area contributed by atoms with Gasteiger partial charge in [-0.1, -0.05) is 198 Å². The quantitative estimate of drug-likeness (QED) is 0.142. The van der Waals surface area contributed by atoms with Gasteiger partial charge >= 0.3 is 0 Å². The Morgan fingerprint density at radius 3 is 1.01 bits per heavy atom. The molecule has 2 aliphatic carbocycles. The van der Waals surface area contributed by atoms with E-state index in [0.29, 0.717) is 0 Å². The second-order valence-corrected chi connectivity index (χ2v) is 38.9. The van der Waals surface area contributed by atoms with Gasteiger partial charge in [-0.3, -0.25) is 0 Å². The zero-order valence-corrected chi connectivity index (χ0v) is 52.5. The van der Waals surface area contributed by atoms with Crippen LogP contribution in [0.5, 0.6) is 23.0 Å².